The lowest BCUT2D eigenvalue weighted by Gasteiger charge is -2.36. The summed E-state index contributed by atoms with van der Waals surface area (Å²) in [6.45, 7) is 0.422. The van der Waals surface area contributed by atoms with Crippen molar-refractivity contribution in [1.29, 1.82) is 0 Å². The van der Waals surface area contributed by atoms with Gasteiger partial charge in [-0.2, -0.15) is 0 Å². The van der Waals surface area contributed by atoms with Gasteiger partial charge < -0.3 is 5.73 Å². The third-order valence-electron chi connectivity index (χ3n) is 5.58. The summed E-state index contributed by atoms with van der Waals surface area (Å²) in [6.07, 6.45) is 10.5. The van der Waals surface area contributed by atoms with Crippen LogP contribution in [0.2, 0.25) is 0 Å². The Bertz CT molecular complexity index is 464. The summed E-state index contributed by atoms with van der Waals surface area (Å²) >= 11 is 0. The highest BCUT2D eigenvalue weighted by atomic mass is 32.2. The molecule has 2 unspecified atom stereocenters. The molecule has 0 aromatic carbocycles. The molecule has 0 amide bonds. The summed E-state index contributed by atoms with van der Waals surface area (Å²) in [4.78, 5) is 13.1. The lowest BCUT2D eigenvalue weighted by atomic mass is 9.69. The number of Topliss-reactive ketones (excluding diaryl/α,β-unsaturated/α-hetero) is 1. The number of ketones is 1. The van der Waals surface area contributed by atoms with E-state index in [0.717, 1.165) is 38.5 Å². The van der Waals surface area contributed by atoms with Crippen molar-refractivity contribution in [3.8, 4) is 0 Å². The Kier molecular flexibility index (Phi) is 5.47. The third kappa shape index (κ3) is 3.86. The van der Waals surface area contributed by atoms with E-state index < -0.39 is 9.84 Å². The lowest BCUT2D eigenvalue weighted by Crippen LogP contribution is -2.44. The number of carbonyl (C=O) groups is 1. The highest BCUT2D eigenvalue weighted by Gasteiger charge is 2.43. The molecule has 2 N–H and O–H groups in total. The van der Waals surface area contributed by atoms with Crippen LogP contribution in [0.5, 0.6) is 0 Å². The molecule has 0 heterocycles. The SMILES string of the molecule is CS(=O)(=O)C1CCCC(C(=O)C2(CN)CCCCCC2)C1. The first-order chi connectivity index (χ1) is 9.89. The van der Waals surface area contributed by atoms with Crippen LogP contribution < -0.4 is 5.73 Å². The average Bonchev–Trinajstić information content (AvgIpc) is 2.72. The van der Waals surface area contributed by atoms with E-state index in [0.29, 0.717) is 19.4 Å². The van der Waals surface area contributed by atoms with Crippen LogP contribution in [-0.2, 0) is 14.6 Å². The van der Waals surface area contributed by atoms with Gasteiger partial charge in [-0.25, -0.2) is 8.42 Å². The van der Waals surface area contributed by atoms with Crippen LogP contribution >= 0.6 is 0 Å². The molecule has 5 heteroatoms. The maximum atomic E-state index is 13.1. The Morgan fingerprint density at radius 3 is 2.24 bits per heavy atom. The van der Waals surface area contributed by atoms with Crippen molar-refractivity contribution < 1.29 is 13.2 Å². The minimum absolute atomic E-state index is 0.0971. The zero-order chi connectivity index (χ0) is 15.5. The quantitative estimate of drug-likeness (QED) is 0.808. The van der Waals surface area contributed by atoms with Crippen LogP contribution in [0.15, 0.2) is 0 Å². The van der Waals surface area contributed by atoms with E-state index >= 15 is 0 Å². The van der Waals surface area contributed by atoms with Gasteiger partial charge in [0.15, 0.2) is 0 Å². The number of rotatable bonds is 4. The fourth-order valence-electron chi connectivity index (χ4n) is 4.16. The van der Waals surface area contributed by atoms with Crippen molar-refractivity contribution >= 4 is 15.6 Å². The predicted octanol–water partition coefficient (Wildman–Crippen LogP) is 2.46. The molecular formula is C16H29NO3S. The summed E-state index contributed by atoms with van der Waals surface area (Å²) < 4.78 is 23.6. The maximum Gasteiger partial charge on any atom is 0.150 e. The highest BCUT2D eigenvalue weighted by Crippen LogP contribution is 2.41. The van der Waals surface area contributed by atoms with Crippen LogP contribution in [0.25, 0.3) is 0 Å². The monoisotopic (exact) mass is 315 g/mol. The molecule has 2 aliphatic rings. The van der Waals surface area contributed by atoms with Gasteiger partial charge in [-0.05, 0) is 32.1 Å². The molecule has 2 saturated carbocycles. The molecule has 0 aromatic rings. The number of hydrogen-bond donors (Lipinski definition) is 1. The third-order valence-corrected chi connectivity index (χ3v) is 7.22. The van der Waals surface area contributed by atoms with Crippen LogP contribution in [0.4, 0.5) is 0 Å². The van der Waals surface area contributed by atoms with Gasteiger partial charge in [-0.3, -0.25) is 4.79 Å². The Balaban J connectivity index is 2.13. The van der Waals surface area contributed by atoms with Gasteiger partial charge in [0.2, 0.25) is 0 Å². The smallest absolute Gasteiger partial charge is 0.150 e. The largest absolute Gasteiger partial charge is 0.329 e. The van der Waals surface area contributed by atoms with Crippen LogP contribution in [0, 0.1) is 11.3 Å². The molecule has 0 aromatic heterocycles. The van der Waals surface area contributed by atoms with Crippen molar-refractivity contribution in [3.63, 3.8) is 0 Å². The summed E-state index contributed by atoms with van der Waals surface area (Å²) in [5, 5.41) is -0.333. The Labute approximate surface area is 128 Å². The molecule has 21 heavy (non-hydrogen) atoms. The van der Waals surface area contributed by atoms with E-state index in [4.69, 9.17) is 5.73 Å². The second-order valence-corrected chi connectivity index (χ2v) is 9.40. The summed E-state index contributed by atoms with van der Waals surface area (Å²) in [6, 6.07) is 0. The topological polar surface area (TPSA) is 77.2 Å². The highest BCUT2D eigenvalue weighted by molar-refractivity contribution is 7.91. The van der Waals surface area contributed by atoms with Crippen molar-refractivity contribution in [3.05, 3.63) is 0 Å². The Hall–Kier alpha value is -0.420. The molecule has 2 aliphatic carbocycles. The Morgan fingerprint density at radius 1 is 1.10 bits per heavy atom. The summed E-state index contributed by atoms with van der Waals surface area (Å²) in [7, 11) is -3.04. The first-order valence-electron chi connectivity index (χ1n) is 8.32. The van der Waals surface area contributed by atoms with Crippen molar-refractivity contribution in [2.45, 2.75) is 69.5 Å². The van der Waals surface area contributed by atoms with Crippen molar-refractivity contribution in [1.82, 2.24) is 0 Å². The van der Waals surface area contributed by atoms with E-state index in [9.17, 15) is 13.2 Å². The van der Waals surface area contributed by atoms with E-state index in [1.165, 1.54) is 19.1 Å². The van der Waals surface area contributed by atoms with E-state index in [1.807, 2.05) is 0 Å². The maximum absolute atomic E-state index is 13.1. The first-order valence-corrected chi connectivity index (χ1v) is 10.3. The van der Waals surface area contributed by atoms with Gasteiger partial charge >= 0.3 is 0 Å². The van der Waals surface area contributed by atoms with Crippen LogP contribution in [0.3, 0.4) is 0 Å². The Morgan fingerprint density at radius 2 is 1.71 bits per heavy atom. The van der Waals surface area contributed by atoms with Gasteiger partial charge in [0.05, 0.1) is 5.25 Å². The van der Waals surface area contributed by atoms with Gasteiger partial charge in [0.25, 0.3) is 0 Å². The van der Waals surface area contributed by atoms with Crippen molar-refractivity contribution in [2.75, 3.05) is 12.8 Å². The van der Waals surface area contributed by atoms with Gasteiger partial charge in [0, 0.05) is 24.1 Å². The van der Waals surface area contributed by atoms with Gasteiger partial charge in [-0.15, -0.1) is 0 Å². The van der Waals surface area contributed by atoms with Gasteiger partial charge in [0.1, 0.15) is 15.6 Å². The molecule has 0 spiro atoms. The fourth-order valence-corrected chi connectivity index (χ4v) is 5.34. The first kappa shape index (κ1) is 16.9. The van der Waals surface area contributed by atoms with E-state index in [1.54, 1.807) is 0 Å². The molecule has 2 atom stereocenters. The van der Waals surface area contributed by atoms with Crippen molar-refractivity contribution in [2.24, 2.45) is 17.1 Å². The lowest BCUT2D eigenvalue weighted by molar-refractivity contribution is -0.134. The molecule has 0 bridgehead atoms. The normalized spacial score (nSPS) is 30.6. The fraction of sp³-hybridized carbons (Fsp3) is 0.938. The molecule has 4 nitrogen and oxygen atoms in total. The second kappa shape index (κ2) is 6.78. The molecule has 2 fully saturated rings. The number of carbonyl (C=O) groups excluding carboxylic acids is 1. The standard InChI is InChI=1S/C16H29NO3S/c1-21(19,20)14-8-6-7-13(11-14)15(18)16(12-17)9-4-2-3-5-10-16/h13-14H,2-12,17H2,1H3. The predicted molar refractivity (Wildman–Crippen MR) is 84.8 cm³/mol. The average molecular weight is 315 g/mol. The minimum Gasteiger partial charge on any atom is -0.329 e. The van der Waals surface area contributed by atoms with Crippen LogP contribution in [0.1, 0.15) is 64.2 Å². The van der Waals surface area contributed by atoms with E-state index in [2.05, 4.69) is 0 Å². The second-order valence-electron chi connectivity index (χ2n) is 7.08. The molecule has 0 saturated heterocycles. The molecule has 2 rings (SSSR count). The molecule has 0 aliphatic heterocycles. The molecule has 0 radical (unpaired) electrons. The van der Waals surface area contributed by atoms with E-state index in [-0.39, 0.29) is 22.4 Å². The number of sulfone groups is 1. The molecule has 122 valence electrons. The minimum atomic E-state index is -3.04. The summed E-state index contributed by atoms with van der Waals surface area (Å²) in [5.74, 6) is 0.167. The van der Waals surface area contributed by atoms with Gasteiger partial charge in [-0.1, -0.05) is 32.1 Å². The zero-order valence-electron chi connectivity index (χ0n) is 13.1. The summed E-state index contributed by atoms with van der Waals surface area (Å²) in [5.41, 5.74) is 5.62. The van der Waals surface area contributed by atoms with Crippen LogP contribution in [-0.4, -0.2) is 32.3 Å². The molecular weight excluding hydrogens is 286 g/mol. The number of nitrogens with two attached hydrogens (primary N) is 1. The number of hydrogen-bond acceptors (Lipinski definition) is 4. The zero-order valence-corrected chi connectivity index (χ0v) is 14.0.